The van der Waals surface area contributed by atoms with E-state index in [0.717, 1.165) is 5.56 Å². The van der Waals surface area contributed by atoms with Crippen molar-refractivity contribution in [1.82, 2.24) is 10.6 Å². The van der Waals surface area contributed by atoms with E-state index in [-0.39, 0.29) is 24.8 Å². The van der Waals surface area contributed by atoms with Gasteiger partial charge in [0.15, 0.2) is 11.5 Å². The van der Waals surface area contributed by atoms with Gasteiger partial charge in [-0.05, 0) is 30.3 Å². The summed E-state index contributed by atoms with van der Waals surface area (Å²) in [5.41, 5.74) is 1.31. The molecule has 0 aliphatic rings. The SMILES string of the molecule is COc1cccc(CNC(=O)CCNC(=O)c2ccc(Cl)cc2)c1OC. The highest BCUT2D eigenvalue weighted by atomic mass is 35.5. The van der Waals surface area contributed by atoms with Crippen LogP contribution in [0.4, 0.5) is 0 Å². The first kappa shape index (κ1) is 19.6. The molecule has 0 fully saturated rings. The van der Waals surface area contributed by atoms with Gasteiger partial charge in [0.1, 0.15) is 0 Å². The third-order valence-corrected chi connectivity index (χ3v) is 3.96. The van der Waals surface area contributed by atoms with E-state index in [2.05, 4.69) is 10.6 Å². The van der Waals surface area contributed by atoms with Gasteiger partial charge in [0, 0.05) is 35.7 Å². The third-order valence-electron chi connectivity index (χ3n) is 3.70. The second kappa shape index (κ2) is 9.68. The molecule has 0 bridgehead atoms. The fourth-order valence-corrected chi connectivity index (χ4v) is 2.49. The molecule has 0 radical (unpaired) electrons. The van der Waals surface area contributed by atoms with Crippen LogP contribution in [0.25, 0.3) is 0 Å². The number of hydrogen-bond donors (Lipinski definition) is 2. The Hall–Kier alpha value is -2.73. The van der Waals surface area contributed by atoms with Crippen molar-refractivity contribution in [3.63, 3.8) is 0 Å². The van der Waals surface area contributed by atoms with Crippen LogP contribution < -0.4 is 20.1 Å². The van der Waals surface area contributed by atoms with E-state index in [1.807, 2.05) is 12.1 Å². The zero-order valence-electron chi connectivity index (χ0n) is 14.7. The van der Waals surface area contributed by atoms with Gasteiger partial charge in [-0.25, -0.2) is 0 Å². The summed E-state index contributed by atoms with van der Waals surface area (Å²) in [5, 5.41) is 6.07. The van der Waals surface area contributed by atoms with Crippen LogP contribution in [-0.2, 0) is 11.3 Å². The summed E-state index contributed by atoms with van der Waals surface area (Å²) in [6, 6.07) is 12.0. The summed E-state index contributed by atoms with van der Waals surface area (Å²) in [5.74, 6) is 0.774. The van der Waals surface area contributed by atoms with Crippen molar-refractivity contribution in [2.75, 3.05) is 20.8 Å². The van der Waals surface area contributed by atoms with Crippen LogP contribution in [0.3, 0.4) is 0 Å². The number of carbonyl (C=O) groups excluding carboxylic acids is 2. The average molecular weight is 377 g/mol. The van der Waals surface area contributed by atoms with Crippen LogP contribution in [0.2, 0.25) is 5.02 Å². The van der Waals surface area contributed by atoms with Crippen molar-refractivity contribution in [3.05, 3.63) is 58.6 Å². The highest BCUT2D eigenvalue weighted by Crippen LogP contribution is 2.30. The highest BCUT2D eigenvalue weighted by molar-refractivity contribution is 6.30. The topological polar surface area (TPSA) is 76.7 Å². The fourth-order valence-electron chi connectivity index (χ4n) is 2.37. The van der Waals surface area contributed by atoms with Crippen molar-refractivity contribution >= 4 is 23.4 Å². The Labute approximate surface area is 157 Å². The number of hydrogen-bond acceptors (Lipinski definition) is 4. The van der Waals surface area contributed by atoms with Gasteiger partial charge in [-0.3, -0.25) is 9.59 Å². The highest BCUT2D eigenvalue weighted by Gasteiger charge is 2.11. The average Bonchev–Trinajstić information content (AvgIpc) is 2.66. The molecule has 7 heteroatoms. The van der Waals surface area contributed by atoms with Crippen molar-refractivity contribution in [1.29, 1.82) is 0 Å². The number of rotatable bonds is 8. The van der Waals surface area contributed by atoms with Gasteiger partial charge in [0.25, 0.3) is 5.91 Å². The molecule has 0 aliphatic carbocycles. The van der Waals surface area contributed by atoms with Crippen molar-refractivity contribution in [3.8, 4) is 11.5 Å². The summed E-state index contributed by atoms with van der Waals surface area (Å²) in [7, 11) is 3.11. The zero-order chi connectivity index (χ0) is 18.9. The Morgan fingerprint density at radius 1 is 1.00 bits per heavy atom. The maximum atomic E-state index is 12.0. The molecule has 0 heterocycles. The first-order valence-electron chi connectivity index (χ1n) is 8.05. The van der Waals surface area contributed by atoms with E-state index in [4.69, 9.17) is 21.1 Å². The molecule has 2 aromatic rings. The van der Waals surface area contributed by atoms with Gasteiger partial charge in [0.05, 0.1) is 14.2 Å². The summed E-state index contributed by atoms with van der Waals surface area (Å²) >= 11 is 5.79. The van der Waals surface area contributed by atoms with E-state index < -0.39 is 0 Å². The molecule has 2 aromatic carbocycles. The van der Waals surface area contributed by atoms with Crippen molar-refractivity contribution in [2.45, 2.75) is 13.0 Å². The number of benzene rings is 2. The number of carbonyl (C=O) groups is 2. The van der Waals surface area contributed by atoms with Gasteiger partial charge in [-0.2, -0.15) is 0 Å². The lowest BCUT2D eigenvalue weighted by Gasteiger charge is -2.13. The number of nitrogens with one attached hydrogen (secondary N) is 2. The van der Waals surface area contributed by atoms with E-state index >= 15 is 0 Å². The van der Waals surface area contributed by atoms with E-state index in [1.165, 1.54) is 0 Å². The zero-order valence-corrected chi connectivity index (χ0v) is 15.4. The molecule has 0 spiro atoms. The first-order chi connectivity index (χ1) is 12.5. The molecular formula is C19H21ClN2O4. The molecule has 0 saturated carbocycles. The first-order valence-corrected chi connectivity index (χ1v) is 8.43. The second-order valence-corrected chi connectivity index (χ2v) is 5.88. The van der Waals surface area contributed by atoms with E-state index in [0.29, 0.717) is 28.6 Å². The number of para-hydroxylation sites is 1. The Bertz CT molecular complexity index is 763. The van der Waals surface area contributed by atoms with Gasteiger partial charge in [0.2, 0.25) is 5.91 Å². The van der Waals surface area contributed by atoms with Crippen LogP contribution in [0, 0.1) is 0 Å². The standard InChI is InChI=1S/C19H21ClN2O4/c1-25-16-5-3-4-14(18(16)26-2)12-22-17(23)10-11-21-19(24)13-6-8-15(20)9-7-13/h3-9H,10-12H2,1-2H3,(H,21,24)(H,22,23). The Morgan fingerprint density at radius 3 is 2.38 bits per heavy atom. The molecule has 0 saturated heterocycles. The lowest BCUT2D eigenvalue weighted by Crippen LogP contribution is -2.30. The number of ether oxygens (including phenoxy) is 2. The largest absolute Gasteiger partial charge is 0.493 e. The number of halogens is 1. The third kappa shape index (κ3) is 5.39. The summed E-state index contributed by atoms with van der Waals surface area (Å²) in [6.07, 6.45) is 0.172. The van der Waals surface area contributed by atoms with E-state index in [1.54, 1.807) is 44.6 Å². The van der Waals surface area contributed by atoms with Gasteiger partial charge >= 0.3 is 0 Å². The Kier molecular flexibility index (Phi) is 7.29. The molecule has 138 valence electrons. The maximum absolute atomic E-state index is 12.0. The molecule has 6 nitrogen and oxygen atoms in total. The number of amides is 2. The van der Waals surface area contributed by atoms with Crippen LogP contribution in [0.5, 0.6) is 11.5 Å². The summed E-state index contributed by atoms with van der Waals surface area (Å²) in [6.45, 7) is 0.548. The minimum absolute atomic E-state index is 0.172. The fraction of sp³-hybridized carbons (Fsp3) is 0.263. The molecular weight excluding hydrogens is 356 g/mol. The monoisotopic (exact) mass is 376 g/mol. The molecule has 26 heavy (non-hydrogen) atoms. The molecule has 0 aliphatic heterocycles. The normalized spacial score (nSPS) is 10.1. The lowest BCUT2D eigenvalue weighted by molar-refractivity contribution is -0.121. The molecule has 2 rings (SSSR count). The Morgan fingerprint density at radius 2 is 1.73 bits per heavy atom. The van der Waals surface area contributed by atoms with E-state index in [9.17, 15) is 9.59 Å². The Balaban J connectivity index is 1.79. The molecule has 2 N–H and O–H groups in total. The van der Waals surface area contributed by atoms with Crippen molar-refractivity contribution in [2.24, 2.45) is 0 Å². The van der Waals surface area contributed by atoms with Crippen LogP contribution in [-0.4, -0.2) is 32.6 Å². The van der Waals surface area contributed by atoms with Crippen LogP contribution >= 0.6 is 11.6 Å². The van der Waals surface area contributed by atoms with Crippen molar-refractivity contribution < 1.29 is 19.1 Å². The summed E-state index contributed by atoms with van der Waals surface area (Å²) in [4.78, 5) is 23.9. The molecule has 0 unspecified atom stereocenters. The quantitative estimate of drug-likeness (QED) is 0.742. The van der Waals surface area contributed by atoms with Gasteiger partial charge in [-0.1, -0.05) is 23.7 Å². The minimum Gasteiger partial charge on any atom is -0.493 e. The minimum atomic E-state index is -0.246. The lowest BCUT2D eigenvalue weighted by atomic mass is 10.2. The molecule has 2 amide bonds. The maximum Gasteiger partial charge on any atom is 0.251 e. The predicted octanol–water partition coefficient (Wildman–Crippen LogP) is 2.79. The molecule has 0 atom stereocenters. The predicted molar refractivity (Wildman–Crippen MR) is 99.8 cm³/mol. The van der Waals surface area contributed by atoms with Crippen LogP contribution in [0.1, 0.15) is 22.3 Å². The number of methoxy groups -OCH3 is 2. The summed E-state index contributed by atoms with van der Waals surface area (Å²) < 4.78 is 10.6. The smallest absolute Gasteiger partial charge is 0.251 e. The van der Waals surface area contributed by atoms with Gasteiger partial charge < -0.3 is 20.1 Å². The molecule has 0 aromatic heterocycles. The van der Waals surface area contributed by atoms with Gasteiger partial charge in [-0.15, -0.1) is 0 Å². The second-order valence-electron chi connectivity index (χ2n) is 5.44. The van der Waals surface area contributed by atoms with Crippen LogP contribution in [0.15, 0.2) is 42.5 Å².